The molecule has 2 N–H and O–H groups in total. The SMILES string of the molecule is C=CCOC(=O)NC(C)C(C)(C)C(=O)O. The zero-order valence-electron chi connectivity index (χ0n) is 9.24. The van der Waals surface area contributed by atoms with Crippen molar-refractivity contribution in [3.8, 4) is 0 Å². The molecule has 0 aromatic rings. The molecule has 0 saturated carbocycles. The Morgan fingerprint density at radius 1 is 1.60 bits per heavy atom. The number of aliphatic carboxylic acids is 1. The molecular formula is C10H17NO4. The lowest BCUT2D eigenvalue weighted by atomic mass is 9.86. The molecule has 86 valence electrons. The van der Waals surface area contributed by atoms with E-state index in [1.165, 1.54) is 19.9 Å². The van der Waals surface area contributed by atoms with Crippen LogP contribution < -0.4 is 5.32 Å². The number of carbonyl (C=O) groups is 2. The summed E-state index contributed by atoms with van der Waals surface area (Å²) in [5.74, 6) is -0.973. The molecule has 1 unspecified atom stereocenters. The smallest absolute Gasteiger partial charge is 0.407 e. The Morgan fingerprint density at radius 2 is 2.13 bits per heavy atom. The number of alkyl carbamates (subject to hydrolysis) is 1. The Hall–Kier alpha value is -1.52. The third-order valence-corrected chi connectivity index (χ3v) is 2.30. The van der Waals surface area contributed by atoms with E-state index in [4.69, 9.17) is 5.11 Å². The molecule has 0 aliphatic rings. The summed E-state index contributed by atoms with van der Waals surface area (Å²) >= 11 is 0. The van der Waals surface area contributed by atoms with E-state index in [1.807, 2.05) is 0 Å². The molecule has 1 atom stereocenters. The lowest BCUT2D eigenvalue weighted by Crippen LogP contribution is -2.47. The minimum atomic E-state index is -1.03. The minimum absolute atomic E-state index is 0.103. The van der Waals surface area contributed by atoms with Crippen LogP contribution >= 0.6 is 0 Å². The van der Waals surface area contributed by atoms with Crippen LogP contribution in [-0.2, 0) is 9.53 Å². The van der Waals surface area contributed by atoms with E-state index in [9.17, 15) is 9.59 Å². The molecule has 5 nitrogen and oxygen atoms in total. The van der Waals surface area contributed by atoms with Crippen molar-refractivity contribution in [3.63, 3.8) is 0 Å². The summed E-state index contributed by atoms with van der Waals surface area (Å²) in [6.07, 6.45) is 0.795. The van der Waals surface area contributed by atoms with Gasteiger partial charge in [-0.3, -0.25) is 4.79 Å². The summed E-state index contributed by atoms with van der Waals surface area (Å²) in [5.41, 5.74) is -1.03. The Labute approximate surface area is 89.1 Å². The molecule has 0 saturated heterocycles. The van der Waals surface area contributed by atoms with E-state index in [2.05, 4.69) is 16.6 Å². The molecule has 5 heteroatoms. The molecule has 0 rings (SSSR count). The van der Waals surface area contributed by atoms with Crippen LogP contribution in [0.5, 0.6) is 0 Å². The molecule has 0 radical (unpaired) electrons. The van der Waals surface area contributed by atoms with Crippen molar-refractivity contribution >= 4 is 12.1 Å². The summed E-state index contributed by atoms with van der Waals surface area (Å²) in [5, 5.41) is 11.3. The van der Waals surface area contributed by atoms with E-state index >= 15 is 0 Å². The molecule has 0 aliphatic heterocycles. The lowest BCUT2D eigenvalue weighted by Gasteiger charge is -2.27. The van der Waals surface area contributed by atoms with E-state index in [-0.39, 0.29) is 6.61 Å². The molecule has 0 fully saturated rings. The summed E-state index contributed by atoms with van der Waals surface area (Å²) < 4.78 is 4.68. The van der Waals surface area contributed by atoms with Gasteiger partial charge < -0.3 is 15.2 Å². The second-order valence-corrected chi connectivity index (χ2v) is 3.78. The number of carbonyl (C=O) groups excluding carboxylic acids is 1. The molecule has 0 aliphatic carbocycles. The quantitative estimate of drug-likeness (QED) is 0.680. The molecule has 0 spiro atoms. The van der Waals surface area contributed by atoms with E-state index in [1.54, 1.807) is 6.92 Å². The second-order valence-electron chi connectivity index (χ2n) is 3.78. The molecule has 0 bridgehead atoms. The molecule has 1 amide bonds. The van der Waals surface area contributed by atoms with E-state index < -0.39 is 23.5 Å². The van der Waals surface area contributed by atoms with Crippen LogP contribution in [0.1, 0.15) is 20.8 Å². The van der Waals surface area contributed by atoms with Gasteiger partial charge in [0.05, 0.1) is 5.41 Å². The van der Waals surface area contributed by atoms with Gasteiger partial charge in [0.2, 0.25) is 0 Å². The van der Waals surface area contributed by atoms with Gasteiger partial charge >= 0.3 is 12.1 Å². The van der Waals surface area contributed by atoms with E-state index in [0.29, 0.717) is 0 Å². The standard InChI is InChI=1S/C10H17NO4/c1-5-6-15-9(14)11-7(2)10(3,4)8(12)13/h5,7H,1,6H2,2-4H3,(H,11,14)(H,12,13). The second kappa shape index (κ2) is 5.38. The Kier molecular flexibility index (Phi) is 4.84. The van der Waals surface area contributed by atoms with Crippen molar-refractivity contribution in [1.29, 1.82) is 0 Å². The van der Waals surface area contributed by atoms with Crippen LogP contribution in [0.15, 0.2) is 12.7 Å². The van der Waals surface area contributed by atoms with Gasteiger partial charge in [0.15, 0.2) is 0 Å². The Bertz CT molecular complexity index is 260. The number of carboxylic acids is 1. The van der Waals surface area contributed by atoms with Gasteiger partial charge in [0, 0.05) is 6.04 Å². The maximum atomic E-state index is 11.1. The summed E-state index contributed by atoms with van der Waals surface area (Å²) in [4.78, 5) is 22.0. The Morgan fingerprint density at radius 3 is 2.53 bits per heavy atom. The fraction of sp³-hybridized carbons (Fsp3) is 0.600. The summed E-state index contributed by atoms with van der Waals surface area (Å²) in [7, 11) is 0. The number of nitrogens with one attached hydrogen (secondary N) is 1. The molecule has 0 aromatic carbocycles. The fourth-order valence-electron chi connectivity index (χ4n) is 0.719. The van der Waals surface area contributed by atoms with Crippen LogP contribution in [0.4, 0.5) is 4.79 Å². The van der Waals surface area contributed by atoms with Gasteiger partial charge in [-0.05, 0) is 20.8 Å². The maximum absolute atomic E-state index is 11.1. The highest BCUT2D eigenvalue weighted by Crippen LogP contribution is 2.20. The lowest BCUT2D eigenvalue weighted by molar-refractivity contribution is -0.148. The van der Waals surface area contributed by atoms with Crippen molar-refractivity contribution in [2.45, 2.75) is 26.8 Å². The molecule has 0 aromatic heterocycles. The predicted molar refractivity (Wildman–Crippen MR) is 55.6 cm³/mol. The number of carboxylic acid groups (broad SMARTS) is 1. The molecular weight excluding hydrogens is 198 g/mol. The predicted octanol–water partition coefficient (Wildman–Crippen LogP) is 1.40. The zero-order chi connectivity index (χ0) is 12.1. The van der Waals surface area contributed by atoms with Gasteiger partial charge in [0.25, 0.3) is 0 Å². The third kappa shape index (κ3) is 4.01. The zero-order valence-corrected chi connectivity index (χ0v) is 9.24. The Balaban J connectivity index is 4.23. The molecule has 0 heterocycles. The van der Waals surface area contributed by atoms with Gasteiger partial charge in [-0.1, -0.05) is 12.7 Å². The first kappa shape index (κ1) is 13.5. The van der Waals surface area contributed by atoms with E-state index in [0.717, 1.165) is 0 Å². The number of amides is 1. The number of hydrogen-bond donors (Lipinski definition) is 2. The maximum Gasteiger partial charge on any atom is 0.407 e. The first-order valence-corrected chi connectivity index (χ1v) is 4.60. The van der Waals surface area contributed by atoms with Crippen molar-refractivity contribution in [1.82, 2.24) is 5.32 Å². The van der Waals surface area contributed by atoms with Crippen LogP contribution in [-0.4, -0.2) is 29.8 Å². The van der Waals surface area contributed by atoms with Crippen molar-refractivity contribution < 1.29 is 19.4 Å². The highest BCUT2D eigenvalue weighted by molar-refractivity contribution is 5.76. The number of rotatable bonds is 5. The third-order valence-electron chi connectivity index (χ3n) is 2.30. The van der Waals surface area contributed by atoms with Crippen molar-refractivity contribution in [2.24, 2.45) is 5.41 Å². The largest absolute Gasteiger partial charge is 0.481 e. The fourth-order valence-corrected chi connectivity index (χ4v) is 0.719. The van der Waals surface area contributed by atoms with Crippen LogP contribution in [0.25, 0.3) is 0 Å². The first-order valence-electron chi connectivity index (χ1n) is 4.60. The van der Waals surface area contributed by atoms with Gasteiger partial charge in [-0.2, -0.15) is 0 Å². The highest BCUT2D eigenvalue weighted by Gasteiger charge is 2.35. The average Bonchev–Trinajstić information content (AvgIpc) is 2.14. The van der Waals surface area contributed by atoms with Gasteiger partial charge in [-0.25, -0.2) is 4.79 Å². The van der Waals surface area contributed by atoms with Crippen molar-refractivity contribution in [2.75, 3.05) is 6.61 Å². The van der Waals surface area contributed by atoms with Gasteiger partial charge in [0.1, 0.15) is 6.61 Å². The van der Waals surface area contributed by atoms with Crippen molar-refractivity contribution in [3.05, 3.63) is 12.7 Å². The number of ether oxygens (including phenoxy) is 1. The van der Waals surface area contributed by atoms with Gasteiger partial charge in [-0.15, -0.1) is 0 Å². The van der Waals surface area contributed by atoms with Crippen LogP contribution in [0.3, 0.4) is 0 Å². The summed E-state index contributed by atoms with van der Waals surface area (Å²) in [6.45, 7) is 8.18. The highest BCUT2D eigenvalue weighted by atomic mass is 16.5. The number of hydrogen-bond acceptors (Lipinski definition) is 3. The van der Waals surface area contributed by atoms with Crippen LogP contribution in [0, 0.1) is 5.41 Å². The summed E-state index contributed by atoms with van der Waals surface area (Å²) in [6, 6.07) is -0.521. The molecule has 15 heavy (non-hydrogen) atoms. The monoisotopic (exact) mass is 215 g/mol. The average molecular weight is 215 g/mol. The first-order chi connectivity index (χ1) is 6.82. The normalized spacial score (nSPS) is 12.7. The topological polar surface area (TPSA) is 75.6 Å². The minimum Gasteiger partial charge on any atom is -0.481 e. The van der Waals surface area contributed by atoms with Crippen LogP contribution in [0.2, 0.25) is 0 Å².